The Hall–Kier alpha value is -2.50. The molecule has 2 rings (SSSR count). The maximum absolute atomic E-state index is 13.1. The molecule has 1 aromatic carbocycles. The van der Waals surface area contributed by atoms with Crippen LogP contribution < -0.4 is 5.32 Å². The molecule has 0 amide bonds. The summed E-state index contributed by atoms with van der Waals surface area (Å²) >= 11 is 0. The predicted octanol–water partition coefficient (Wildman–Crippen LogP) is 3.05. The van der Waals surface area contributed by atoms with E-state index in [2.05, 4.69) is 15.3 Å². The number of hydrogen-bond acceptors (Lipinski definition) is 4. The largest absolute Gasteiger partial charge is 0.476 e. The second-order valence-electron chi connectivity index (χ2n) is 4.93. The number of hydrogen-bond donors (Lipinski definition) is 2. The summed E-state index contributed by atoms with van der Waals surface area (Å²) < 4.78 is 13.1. The van der Waals surface area contributed by atoms with E-state index in [1.165, 1.54) is 18.3 Å². The number of nitrogens with one attached hydrogen (secondary N) is 1. The second-order valence-corrected chi connectivity index (χ2v) is 4.93. The van der Waals surface area contributed by atoms with E-state index in [1.54, 1.807) is 12.1 Å². The molecule has 0 fully saturated rings. The lowest BCUT2D eigenvalue weighted by molar-refractivity contribution is 0.0691. The van der Waals surface area contributed by atoms with Gasteiger partial charge in [0, 0.05) is 12.5 Å². The molecule has 0 saturated carbocycles. The number of nitrogens with zero attached hydrogens (tertiary/aromatic N) is 2. The minimum absolute atomic E-state index is 0.0420. The molecule has 1 heterocycles. The van der Waals surface area contributed by atoms with Crippen LogP contribution in [0.1, 0.15) is 41.6 Å². The monoisotopic (exact) mass is 289 g/mol. The number of benzene rings is 1. The third-order valence-corrected chi connectivity index (χ3v) is 2.90. The maximum atomic E-state index is 13.1. The highest BCUT2D eigenvalue weighted by Crippen LogP contribution is 2.17. The smallest absolute Gasteiger partial charge is 0.356 e. The zero-order valence-corrected chi connectivity index (χ0v) is 11.8. The number of rotatable bonds is 5. The first-order valence-corrected chi connectivity index (χ1v) is 6.56. The van der Waals surface area contributed by atoms with Gasteiger partial charge in [-0.05, 0) is 17.7 Å². The first-order chi connectivity index (χ1) is 9.97. The molecule has 0 bridgehead atoms. The van der Waals surface area contributed by atoms with Crippen molar-refractivity contribution in [2.75, 3.05) is 5.32 Å². The SMILES string of the molecule is CC(C)c1ncc(NCc2cccc(F)c2)c(C(=O)O)n1. The van der Waals surface area contributed by atoms with Crippen LogP contribution in [0.5, 0.6) is 0 Å². The fourth-order valence-corrected chi connectivity index (χ4v) is 1.81. The maximum Gasteiger partial charge on any atom is 0.356 e. The van der Waals surface area contributed by atoms with Crippen LogP contribution in [-0.2, 0) is 6.54 Å². The zero-order chi connectivity index (χ0) is 15.4. The average Bonchev–Trinajstić information content (AvgIpc) is 2.44. The normalized spacial score (nSPS) is 10.7. The van der Waals surface area contributed by atoms with Crippen molar-refractivity contribution in [3.05, 3.63) is 53.4 Å². The summed E-state index contributed by atoms with van der Waals surface area (Å²) in [4.78, 5) is 19.5. The van der Waals surface area contributed by atoms with Gasteiger partial charge in [0.05, 0.1) is 11.9 Å². The fourth-order valence-electron chi connectivity index (χ4n) is 1.81. The van der Waals surface area contributed by atoms with Gasteiger partial charge in [0.1, 0.15) is 11.6 Å². The minimum atomic E-state index is -1.12. The van der Waals surface area contributed by atoms with Crippen LogP contribution in [0.15, 0.2) is 30.5 Å². The predicted molar refractivity (Wildman–Crippen MR) is 76.8 cm³/mol. The van der Waals surface area contributed by atoms with Crippen LogP contribution in [0.4, 0.5) is 10.1 Å². The third kappa shape index (κ3) is 3.75. The number of carboxylic acids is 1. The topological polar surface area (TPSA) is 75.1 Å². The van der Waals surface area contributed by atoms with Crippen LogP contribution >= 0.6 is 0 Å². The average molecular weight is 289 g/mol. The quantitative estimate of drug-likeness (QED) is 0.884. The molecule has 2 aromatic rings. The summed E-state index contributed by atoms with van der Waals surface area (Å²) in [6.07, 6.45) is 1.45. The minimum Gasteiger partial charge on any atom is -0.476 e. The molecule has 0 spiro atoms. The summed E-state index contributed by atoms with van der Waals surface area (Å²) in [5.74, 6) is -0.940. The second kappa shape index (κ2) is 6.30. The Kier molecular flexibility index (Phi) is 4.47. The van der Waals surface area contributed by atoms with Gasteiger partial charge in [-0.25, -0.2) is 19.2 Å². The molecular formula is C15H16FN3O2. The molecule has 0 radical (unpaired) electrons. The molecular weight excluding hydrogens is 273 g/mol. The van der Waals surface area contributed by atoms with Crippen LogP contribution in [0, 0.1) is 5.82 Å². The van der Waals surface area contributed by atoms with Crippen molar-refractivity contribution in [1.82, 2.24) is 9.97 Å². The van der Waals surface area contributed by atoms with Crippen LogP contribution in [0.25, 0.3) is 0 Å². The van der Waals surface area contributed by atoms with Gasteiger partial charge in [0.15, 0.2) is 5.69 Å². The molecule has 1 aromatic heterocycles. The molecule has 5 nitrogen and oxygen atoms in total. The first kappa shape index (κ1) is 14.9. The van der Waals surface area contributed by atoms with Crippen molar-refractivity contribution in [2.24, 2.45) is 0 Å². The fraction of sp³-hybridized carbons (Fsp3) is 0.267. The number of carboxylic acid groups (broad SMARTS) is 1. The highest BCUT2D eigenvalue weighted by atomic mass is 19.1. The van der Waals surface area contributed by atoms with Gasteiger partial charge in [0.25, 0.3) is 0 Å². The molecule has 0 aliphatic rings. The van der Waals surface area contributed by atoms with E-state index in [0.29, 0.717) is 23.6 Å². The van der Waals surface area contributed by atoms with E-state index < -0.39 is 5.97 Å². The van der Waals surface area contributed by atoms with E-state index >= 15 is 0 Å². The molecule has 0 aliphatic heterocycles. The standard InChI is InChI=1S/C15H16FN3O2/c1-9(2)14-18-8-12(13(19-14)15(20)21)17-7-10-4-3-5-11(16)6-10/h3-6,8-9,17H,7H2,1-2H3,(H,20,21). The van der Waals surface area contributed by atoms with Crippen molar-refractivity contribution >= 4 is 11.7 Å². The Morgan fingerprint density at radius 2 is 2.19 bits per heavy atom. The lowest BCUT2D eigenvalue weighted by Gasteiger charge is -2.11. The molecule has 0 aliphatic carbocycles. The highest BCUT2D eigenvalue weighted by Gasteiger charge is 2.15. The Labute approximate surface area is 121 Å². The summed E-state index contributed by atoms with van der Waals surface area (Å²) in [5.41, 5.74) is 0.945. The number of anilines is 1. The Morgan fingerprint density at radius 3 is 2.81 bits per heavy atom. The van der Waals surface area contributed by atoms with Crippen LogP contribution in [-0.4, -0.2) is 21.0 Å². The van der Waals surface area contributed by atoms with Crippen molar-refractivity contribution < 1.29 is 14.3 Å². The van der Waals surface area contributed by atoms with E-state index in [9.17, 15) is 14.3 Å². The van der Waals surface area contributed by atoms with Gasteiger partial charge in [-0.15, -0.1) is 0 Å². The summed E-state index contributed by atoms with van der Waals surface area (Å²) in [5, 5.41) is 12.2. The molecule has 2 N–H and O–H groups in total. The number of halogens is 1. The zero-order valence-electron chi connectivity index (χ0n) is 11.8. The molecule has 0 atom stereocenters. The summed E-state index contributed by atoms with van der Waals surface area (Å²) in [6.45, 7) is 4.07. The van der Waals surface area contributed by atoms with Crippen LogP contribution in [0.3, 0.4) is 0 Å². The summed E-state index contributed by atoms with van der Waals surface area (Å²) in [6, 6.07) is 6.09. The van der Waals surface area contributed by atoms with Crippen molar-refractivity contribution in [2.45, 2.75) is 26.3 Å². The Morgan fingerprint density at radius 1 is 1.43 bits per heavy atom. The van der Waals surface area contributed by atoms with Crippen molar-refractivity contribution in [3.8, 4) is 0 Å². The van der Waals surface area contributed by atoms with Crippen LogP contribution in [0.2, 0.25) is 0 Å². The van der Waals surface area contributed by atoms with E-state index in [4.69, 9.17) is 0 Å². The van der Waals surface area contributed by atoms with Gasteiger partial charge in [-0.2, -0.15) is 0 Å². The van der Waals surface area contributed by atoms with Crippen molar-refractivity contribution in [3.63, 3.8) is 0 Å². The number of carbonyl (C=O) groups is 1. The Bertz CT molecular complexity index is 659. The van der Waals surface area contributed by atoms with Crippen molar-refractivity contribution in [1.29, 1.82) is 0 Å². The van der Waals surface area contributed by atoms with E-state index in [1.807, 2.05) is 13.8 Å². The third-order valence-electron chi connectivity index (χ3n) is 2.90. The number of aromatic nitrogens is 2. The molecule has 0 unspecified atom stereocenters. The number of aromatic carboxylic acids is 1. The molecule has 6 heteroatoms. The highest BCUT2D eigenvalue weighted by molar-refractivity contribution is 5.91. The van der Waals surface area contributed by atoms with Gasteiger partial charge in [0.2, 0.25) is 0 Å². The first-order valence-electron chi connectivity index (χ1n) is 6.56. The van der Waals surface area contributed by atoms with Gasteiger partial charge in [-0.1, -0.05) is 26.0 Å². The Balaban J connectivity index is 2.21. The lowest BCUT2D eigenvalue weighted by atomic mass is 10.2. The van der Waals surface area contributed by atoms with Gasteiger partial charge in [-0.3, -0.25) is 0 Å². The van der Waals surface area contributed by atoms with Gasteiger partial charge >= 0.3 is 5.97 Å². The molecule has 21 heavy (non-hydrogen) atoms. The molecule has 110 valence electrons. The van der Waals surface area contributed by atoms with E-state index in [0.717, 1.165) is 0 Å². The summed E-state index contributed by atoms with van der Waals surface area (Å²) in [7, 11) is 0. The molecule has 0 saturated heterocycles. The lowest BCUT2D eigenvalue weighted by Crippen LogP contribution is -2.12. The van der Waals surface area contributed by atoms with E-state index in [-0.39, 0.29) is 17.4 Å². The van der Waals surface area contributed by atoms with Gasteiger partial charge < -0.3 is 10.4 Å².